The van der Waals surface area contributed by atoms with Crippen molar-refractivity contribution in [3.8, 4) is 0 Å². The van der Waals surface area contributed by atoms with Crippen LogP contribution < -0.4 is 0 Å². The summed E-state index contributed by atoms with van der Waals surface area (Å²) in [5, 5.41) is 13.4. The minimum atomic E-state index is -0.997. The number of aromatic carboxylic acids is 1. The van der Waals surface area contributed by atoms with E-state index in [0.29, 0.717) is 15.7 Å². The molecule has 0 bridgehead atoms. The second kappa shape index (κ2) is 2.91. The molecule has 2 heterocycles. The summed E-state index contributed by atoms with van der Waals surface area (Å²) in [4.78, 5) is 13.8. The number of aromatic amines is 1. The summed E-state index contributed by atoms with van der Waals surface area (Å²) >= 11 is 4.91. The summed E-state index contributed by atoms with van der Waals surface area (Å²) < 4.78 is 1.94. The van der Waals surface area contributed by atoms with Crippen LogP contribution in [-0.4, -0.2) is 25.8 Å². The molecule has 0 radical (unpaired) electrons. The Morgan fingerprint density at radius 1 is 1.71 bits per heavy atom. The van der Waals surface area contributed by atoms with Gasteiger partial charge in [0.1, 0.15) is 10.3 Å². The first-order valence-corrected chi connectivity index (χ1v) is 4.29. The van der Waals surface area contributed by atoms with Crippen LogP contribution in [0.2, 0.25) is 0 Å². The zero-order chi connectivity index (χ0) is 10.3. The minimum absolute atomic E-state index is 0.178. The van der Waals surface area contributed by atoms with Crippen molar-refractivity contribution in [3.05, 3.63) is 22.5 Å². The third kappa shape index (κ3) is 1.20. The summed E-state index contributed by atoms with van der Waals surface area (Å²) in [5.41, 5.74) is 0.798. The van der Waals surface area contributed by atoms with Gasteiger partial charge in [0.2, 0.25) is 0 Å². The number of carbonyl (C=O) groups is 1. The van der Waals surface area contributed by atoms with E-state index in [9.17, 15) is 4.79 Å². The lowest BCUT2D eigenvalue weighted by atomic mass is 10.2. The van der Waals surface area contributed by atoms with Gasteiger partial charge in [0, 0.05) is 7.05 Å². The van der Waals surface area contributed by atoms with Crippen molar-refractivity contribution in [2.75, 3.05) is 0 Å². The van der Waals surface area contributed by atoms with Gasteiger partial charge in [-0.15, -0.1) is 0 Å². The van der Waals surface area contributed by atoms with Gasteiger partial charge >= 0.3 is 5.97 Å². The van der Waals surface area contributed by atoms with Gasteiger partial charge in [-0.05, 0) is 6.07 Å². The van der Waals surface area contributed by atoms with Crippen LogP contribution in [0.4, 0.5) is 0 Å². The molecule has 2 rings (SSSR count). The predicted octanol–water partition coefficient (Wildman–Crippen LogP) is 1.33. The van der Waals surface area contributed by atoms with Gasteiger partial charge in [-0.25, -0.2) is 4.79 Å². The van der Waals surface area contributed by atoms with Crippen molar-refractivity contribution >= 4 is 29.2 Å². The van der Waals surface area contributed by atoms with E-state index in [1.54, 1.807) is 11.7 Å². The van der Waals surface area contributed by atoms with Crippen molar-refractivity contribution in [1.29, 1.82) is 0 Å². The maximum Gasteiger partial charge on any atom is 0.336 e. The second-order valence-corrected chi connectivity index (χ2v) is 3.32. The summed E-state index contributed by atoms with van der Waals surface area (Å²) in [6.45, 7) is 0. The van der Waals surface area contributed by atoms with E-state index in [2.05, 4.69) is 10.1 Å². The number of hydrogen-bond acceptors (Lipinski definition) is 3. The predicted molar refractivity (Wildman–Crippen MR) is 52.9 cm³/mol. The van der Waals surface area contributed by atoms with E-state index in [1.807, 2.05) is 0 Å². The van der Waals surface area contributed by atoms with E-state index in [4.69, 9.17) is 17.3 Å². The van der Waals surface area contributed by atoms with Gasteiger partial charge in [0.15, 0.2) is 0 Å². The van der Waals surface area contributed by atoms with Crippen molar-refractivity contribution < 1.29 is 9.90 Å². The Balaban J connectivity index is 2.96. The first kappa shape index (κ1) is 8.89. The van der Waals surface area contributed by atoms with E-state index >= 15 is 0 Å². The molecule has 2 aromatic rings. The molecule has 0 aliphatic carbocycles. The number of H-pyrrole nitrogens is 1. The Bertz CT molecular complexity index is 569. The molecular weight excluding hydrogens is 202 g/mol. The molecule has 0 aliphatic heterocycles. The van der Waals surface area contributed by atoms with E-state index in [1.165, 1.54) is 12.3 Å². The normalized spacial score (nSPS) is 10.6. The number of nitrogens with one attached hydrogen (secondary N) is 1. The highest BCUT2D eigenvalue weighted by molar-refractivity contribution is 7.71. The largest absolute Gasteiger partial charge is 0.478 e. The summed E-state index contributed by atoms with van der Waals surface area (Å²) in [6.07, 6.45) is 1.50. The molecule has 72 valence electrons. The lowest BCUT2D eigenvalue weighted by Gasteiger charge is -1.98. The Labute approximate surface area is 84.0 Å². The fourth-order valence-corrected chi connectivity index (χ4v) is 1.54. The fourth-order valence-electron chi connectivity index (χ4n) is 1.32. The SMILES string of the molecule is Cn1ncc2c(C(=O)O)cc(=S)[nH]c21. The van der Waals surface area contributed by atoms with Gasteiger partial charge in [0.05, 0.1) is 17.1 Å². The standard InChI is InChI=1S/C8H7N3O2S/c1-11-7-5(3-9-11)4(8(12)13)2-6(14)10-7/h2-3H,1H3,(H,10,14)(H,12,13). The fraction of sp³-hybridized carbons (Fsp3) is 0.125. The van der Waals surface area contributed by atoms with Gasteiger partial charge < -0.3 is 10.1 Å². The van der Waals surface area contributed by atoms with Crippen LogP contribution in [0.3, 0.4) is 0 Å². The number of rotatable bonds is 1. The van der Waals surface area contributed by atoms with Crippen LogP contribution in [0.25, 0.3) is 11.0 Å². The lowest BCUT2D eigenvalue weighted by molar-refractivity contribution is 0.0699. The highest BCUT2D eigenvalue weighted by Crippen LogP contribution is 2.15. The summed E-state index contributed by atoms with van der Waals surface area (Å²) in [6, 6.07) is 1.42. The zero-order valence-electron chi connectivity index (χ0n) is 7.31. The number of carboxylic acid groups (broad SMARTS) is 1. The summed E-state index contributed by atoms with van der Waals surface area (Å²) in [7, 11) is 1.72. The third-order valence-electron chi connectivity index (χ3n) is 1.98. The van der Waals surface area contributed by atoms with Crippen molar-refractivity contribution in [2.24, 2.45) is 7.05 Å². The highest BCUT2D eigenvalue weighted by Gasteiger charge is 2.11. The molecule has 0 aromatic carbocycles. The van der Waals surface area contributed by atoms with Gasteiger partial charge in [0.25, 0.3) is 0 Å². The molecule has 0 amide bonds. The van der Waals surface area contributed by atoms with Crippen LogP contribution >= 0.6 is 12.2 Å². The van der Waals surface area contributed by atoms with Crippen LogP contribution in [0.5, 0.6) is 0 Å². The van der Waals surface area contributed by atoms with Gasteiger partial charge in [-0.2, -0.15) is 5.10 Å². The molecule has 0 unspecified atom stereocenters. The maximum absolute atomic E-state index is 10.9. The number of aryl methyl sites for hydroxylation is 1. The first-order chi connectivity index (χ1) is 6.59. The second-order valence-electron chi connectivity index (χ2n) is 2.88. The van der Waals surface area contributed by atoms with Crippen LogP contribution in [0.15, 0.2) is 12.3 Å². The van der Waals surface area contributed by atoms with Crippen LogP contribution in [0, 0.1) is 4.64 Å². The van der Waals surface area contributed by atoms with Crippen molar-refractivity contribution in [1.82, 2.24) is 14.8 Å². The van der Waals surface area contributed by atoms with Gasteiger partial charge in [-0.3, -0.25) is 4.68 Å². The molecule has 2 aromatic heterocycles. The molecule has 0 saturated heterocycles. The van der Waals surface area contributed by atoms with Gasteiger partial charge in [-0.1, -0.05) is 12.2 Å². The van der Waals surface area contributed by atoms with Crippen LogP contribution in [-0.2, 0) is 7.05 Å². The number of carboxylic acids is 1. The monoisotopic (exact) mass is 209 g/mol. The average Bonchev–Trinajstić information content (AvgIpc) is 2.47. The molecule has 6 heteroatoms. The van der Waals surface area contributed by atoms with Crippen LogP contribution in [0.1, 0.15) is 10.4 Å². The first-order valence-electron chi connectivity index (χ1n) is 3.88. The molecule has 0 atom stereocenters. The number of pyridine rings is 1. The van der Waals surface area contributed by atoms with E-state index in [0.717, 1.165) is 0 Å². The molecule has 5 nitrogen and oxygen atoms in total. The zero-order valence-corrected chi connectivity index (χ0v) is 8.13. The number of hydrogen-bond donors (Lipinski definition) is 2. The molecule has 2 N–H and O–H groups in total. The lowest BCUT2D eigenvalue weighted by Crippen LogP contribution is -1.99. The quantitative estimate of drug-likeness (QED) is 0.695. The number of nitrogens with zero attached hydrogens (tertiary/aromatic N) is 2. The van der Waals surface area contributed by atoms with Crippen molar-refractivity contribution in [3.63, 3.8) is 0 Å². The molecule has 0 aliphatic rings. The Morgan fingerprint density at radius 3 is 3.07 bits per heavy atom. The Hall–Kier alpha value is -1.69. The topological polar surface area (TPSA) is 70.9 Å². The van der Waals surface area contributed by atoms with Crippen molar-refractivity contribution in [2.45, 2.75) is 0 Å². The van der Waals surface area contributed by atoms with E-state index < -0.39 is 5.97 Å². The Kier molecular flexibility index (Phi) is 1.85. The highest BCUT2D eigenvalue weighted by atomic mass is 32.1. The molecule has 14 heavy (non-hydrogen) atoms. The number of aromatic nitrogens is 3. The smallest absolute Gasteiger partial charge is 0.336 e. The average molecular weight is 209 g/mol. The maximum atomic E-state index is 10.9. The molecule has 0 saturated carbocycles. The minimum Gasteiger partial charge on any atom is -0.478 e. The third-order valence-corrected chi connectivity index (χ3v) is 2.20. The summed E-state index contributed by atoms with van der Waals surface area (Å²) in [5.74, 6) is -0.997. The van der Waals surface area contributed by atoms with E-state index in [-0.39, 0.29) is 5.56 Å². The Morgan fingerprint density at radius 2 is 2.43 bits per heavy atom. The molecular formula is C8H7N3O2S. The number of fused-ring (bicyclic) bond motifs is 1. The molecule has 0 fully saturated rings. The molecule has 0 spiro atoms.